The van der Waals surface area contributed by atoms with E-state index in [-0.39, 0.29) is 11.8 Å². The van der Waals surface area contributed by atoms with Gasteiger partial charge >= 0.3 is 0 Å². The molecule has 0 saturated carbocycles. The number of benzene rings is 1. The molecule has 1 amide bonds. The zero-order chi connectivity index (χ0) is 11.4. The van der Waals surface area contributed by atoms with Gasteiger partial charge in [-0.2, -0.15) is 0 Å². The summed E-state index contributed by atoms with van der Waals surface area (Å²) in [5.41, 5.74) is 3.89. The van der Waals surface area contributed by atoms with Crippen LogP contribution in [0.1, 0.15) is 6.42 Å². The number of hydrogen-bond acceptors (Lipinski definition) is 3. The van der Waals surface area contributed by atoms with Crippen molar-refractivity contribution in [1.82, 2.24) is 5.43 Å². The number of methoxy groups -OCH3 is 1. The van der Waals surface area contributed by atoms with Crippen LogP contribution in [-0.2, 0) is 9.53 Å². The average molecular weight is 220 g/mol. The lowest BCUT2D eigenvalue weighted by molar-refractivity contribution is -0.122. The number of nitrogens with zero attached hydrogens (tertiary/aromatic N) is 1. The molecule has 1 aliphatic rings. The highest BCUT2D eigenvalue weighted by atomic mass is 16.5. The predicted octanol–water partition coefficient (Wildman–Crippen LogP) is 1.19. The summed E-state index contributed by atoms with van der Waals surface area (Å²) in [5, 5.41) is 1.89. The molecule has 0 bridgehead atoms. The number of nitrogens with one attached hydrogen (secondary N) is 1. The maximum absolute atomic E-state index is 11.7. The van der Waals surface area contributed by atoms with Gasteiger partial charge in [0.1, 0.15) is 0 Å². The lowest BCUT2D eigenvalue weighted by Gasteiger charge is -2.17. The molecule has 86 valence electrons. The van der Waals surface area contributed by atoms with Crippen LogP contribution in [0.25, 0.3) is 0 Å². The van der Waals surface area contributed by atoms with Gasteiger partial charge in [0.25, 0.3) is 0 Å². The fourth-order valence-corrected chi connectivity index (χ4v) is 1.83. The lowest BCUT2D eigenvalue weighted by Crippen LogP contribution is -2.32. The van der Waals surface area contributed by atoms with E-state index < -0.39 is 0 Å². The number of amides is 1. The van der Waals surface area contributed by atoms with E-state index in [1.165, 1.54) is 0 Å². The Morgan fingerprint density at radius 1 is 1.44 bits per heavy atom. The zero-order valence-electron chi connectivity index (χ0n) is 9.35. The van der Waals surface area contributed by atoms with Crippen molar-refractivity contribution in [3.8, 4) is 0 Å². The summed E-state index contributed by atoms with van der Waals surface area (Å²) in [6, 6.07) is 9.86. The Hall–Kier alpha value is -1.55. The van der Waals surface area contributed by atoms with Crippen LogP contribution < -0.4 is 10.4 Å². The van der Waals surface area contributed by atoms with Gasteiger partial charge in [0.15, 0.2) is 0 Å². The molecule has 1 aliphatic heterocycles. The Morgan fingerprint density at radius 3 is 2.88 bits per heavy atom. The van der Waals surface area contributed by atoms with Crippen LogP contribution in [-0.4, -0.2) is 26.2 Å². The van der Waals surface area contributed by atoms with Crippen LogP contribution >= 0.6 is 0 Å². The Labute approximate surface area is 95.2 Å². The molecule has 2 rings (SSSR count). The molecule has 16 heavy (non-hydrogen) atoms. The minimum atomic E-state index is 0.0279. The molecule has 0 unspecified atom stereocenters. The molecule has 1 aromatic carbocycles. The van der Waals surface area contributed by atoms with Gasteiger partial charge in [-0.3, -0.25) is 15.2 Å². The minimum Gasteiger partial charge on any atom is -0.385 e. The molecule has 1 atom stereocenters. The second kappa shape index (κ2) is 4.99. The van der Waals surface area contributed by atoms with Crippen LogP contribution in [0.2, 0.25) is 0 Å². The van der Waals surface area contributed by atoms with Gasteiger partial charge in [0.05, 0.1) is 18.2 Å². The van der Waals surface area contributed by atoms with Crippen molar-refractivity contribution >= 4 is 11.6 Å². The van der Waals surface area contributed by atoms with Crippen molar-refractivity contribution in [3.05, 3.63) is 30.3 Å². The third-order valence-corrected chi connectivity index (χ3v) is 2.76. The molecule has 1 aromatic rings. The fourth-order valence-electron chi connectivity index (χ4n) is 1.83. The molecule has 4 heteroatoms. The number of hydrogen-bond donors (Lipinski definition) is 1. The molecule has 0 aromatic heterocycles. The normalized spacial score (nSPS) is 19.9. The maximum atomic E-state index is 11.7. The van der Waals surface area contributed by atoms with E-state index in [0.717, 1.165) is 12.1 Å². The fraction of sp³-hybridized carbons (Fsp3) is 0.417. The van der Waals surface area contributed by atoms with Gasteiger partial charge in [-0.05, 0) is 18.6 Å². The first kappa shape index (κ1) is 11.0. The molecule has 1 fully saturated rings. The van der Waals surface area contributed by atoms with Crippen molar-refractivity contribution in [2.75, 3.05) is 25.3 Å². The quantitative estimate of drug-likeness (QED) is 0.828. The molecular weight excluding hydrogens is 204 g/mol. The highest BCUT2D eigenvalue weighted by molar-refractivity contribution is 5.84. The van der Waals surface area contributed by atoms with Gasteiger partial charge in [-0.15, -0.1) is 0 Å². The summed E-state index contributed by atoms with van der Waals surface area (Å²) >= 11 is 0. The largest absolute Gasteiger partial charge is 0.385 e. The number of ether oxygens (including phenoxy) is 1. The molecule has 1 saturated heterocycles. The topological polar surface area (TPSA) is 41.6 Å². The van der Waals surface area contributed by atoms with Crippen molar-refractivity contribution in [2.24, 2.45) is 5.92 Å². The van der Waals surface area contributed by atoms with E-state index >= 15 is 0 Å². The second-order valence-corrected chi connectivity index (χ2v) is 3.90. The van der Waals surface area contributed by atoms with Gasteiger partial charge in [-0.1, -0.05) is 18.2 Å². The minimum absolute atomic E-state index is 0.0279. The van der Waals surface area contributed by atoms with E-state index in [1.807, 2.05) is 35.3 Å². The van der Waals surface area contributed by atoms with Crippen LogP contribution in [0.5, 0.6) is 0 Å². The highest BCUT2D eigenvalue weighted by Gasteiger charge is 2.29. The number of carbonyl (C=O) groups is 1. The van der Waals surface area contributed by atoms with Crippen molar-refractivity contribution in [1.29, 1.82) is 0 Å². The van der Waals surface area contributed by atoms with Gasteiger partial charge in [-0.25, -0.2) is 0 Å². The van der Waals surface area contributed by atoms with Crippen LogP contribution in [0.3, 0.4) is 0 Å². The second-order valence-electron chi connectivity index (χ2n) is 3.90. The summed E-state index contributed by atoms with van der Waals surface area (Å²) in [7, 11) is 1.65. The van der Waals surface area contributed by atoms with E-state index in [4.69, 9.17) is 4.74 Å². The summed E-state index contributed by atoms with van der Waals surface area (Å²) in [6.07, 6.45) is 0.770. The van der Waals surface area contributed by atoms with E-state index in [0.29, 0.717) is 13.2 Å². The SMILES string of the molecule is COCC[C@@H]1CN(c2ccccc2)NC1=O. The standard InChI is InChI=1S/C12H16N2O2/c1-16-8-7-10-9-14(13-12(10)15)11-5-3-2-4-6-11/h2-6,10H,7-9H2,1H3,(H,13,15)/t10-/m1/s1. The summed E-state index contributed by atoms with van der Waals surface area (Å²) < 4.78 is 4.99. The third kappa shape index (κ3) is 2.33. The zero-order valence-corrected chi connectivity index (χ0v) is 9.35. The number of carbonyl (C=O) groups excluding carboxylic acids is 1. The van der Waals surface area contributed by atoms with E-state index in [1.54, 1.807) is 7.11 Å². The summed E-state index contributed by atoms with van der Waals surface area (Å²) in [5.74, 6) is 0.112. The maximum Gasteiger partial charge on any atom is 0.243 e. The van der Waals surface area contributed by atoms with Gasteiger partial charge in [0.2, 0.25) is 5.91 Å². The summed E-state index contributed by atoms with van der Waals surface area (Å²) in [4.78, 5) is 11.7. The third-order valence-electron chi connectivity index (χ3n) is 2.76. The molecule has 4 nitrogen and oxygen atoms in total. The van der Waals surface area contributed by atoms with Crippen LogP contribution in [0, 0.1) is 5.92 Å². The Balaban J connectivity index is 1.98. The first-order valence-corrected chi connectivity index (χ1v) is 5.43. The Bertz CT molecular complexity index is 353. The van der Waals surface area contributed by atoms with E-state index in [9.17, 15) is 4.79 Å². The highest BCUT2D eigenvalue weighted by Crippen LogP contribution is 2.19. The van der Waals surface area contributed by atoms with Crippen molar-refractivity contribution < 1.29 is 9.53 Å². The molecular formula is C12H16N2O2. The lowest BCUT2D eigenvalue weighted by atomic mass is 10.1. The van der Waals surface area contributed by atoms with Crippen LogP contribution in [0.15, 0.2) is 30.3 Å². The van der Waals surface area contributed by atoms with Gasteiger partial charge < -0.3 is 4.74 Å². The number of rotatable bonds is 4. The molecule has 1 N–H and O–H groups in total. The Morgan fingerprint density at radius 2 is 2.19 bits per heavy atom. The first-order valence-electron chi connectivity index (χ1n) is 5.43. The predicted molar refractivity (Wildman–Crippen MR) is 61.9 cm³/mol. The first-order chi connectivity index (χ1) is 7.81. The van der Waals surface area contributed by atoms with Gasteiger partial charge in [0, 0.05) is 13.7 Å². The average Bonchev–Trinajstić information content (AvgIpc) is 2.69. The van der Waals surface area contributed by atoms with Crippen molar-refractivity contribution in [2.45, 2.75) is 6.42 Å². The van der Waals surface area contributed by atoms with E-state index in [2.05, 4.69) is 5.43 Å². The number of anilines is 1. The molecule has 0 spiro atoms. The molecule has 1 heterocycles. The number of hydrazine groups is 1. The van der Waals surface area contributed by atoms with Crippen molar-refractivity contribution in [3.63, 3.8) is 0 Å². The Kier molecular flexibility index (Phi) is 3.41. The molecule has 0 radical (unpaired) electrons. The summed E-state index contributed by atoms with van der Waals surface area (Å²) in [6.45, 7) is 1.34. The van der Waals surface area contributed by atoms with Crippen LogP contribution in [0.4, 0.5) is 5.69 Å². The monoisotopic (exact) mass is 220 g/mol. The number of para-hydroxylation sites is 1. The molecule has 0 aliphatic carbocycles. The smallest absolute Gasteiger partial charge is 0.243 e.